The van der Waals surface area contributed by atoms with Crippen LogP contribution in [-0.2, 0) is 4.79 Å². The summed E-state index contributed by atoms with van der Waals surface area (Å²) >= 11 is 1.22. The zero-order valence-electron chi connectivity index (χ0n) is 15.4. The summed E-state index contributed by atoms with van der Waals surface area (Å²) in [6, 6.07) is 15.1. The molecule has 0 radical (unpaired) electrons. The molecular weight excluding hydrogens is 362 g/mol. The lowest BCUT2D eigenvalue weighted by atomic mass is 10.2. The molecule has 0 aliphatic carbocycles. The number of anilines is 1. The van der Waals surface area contributed by atoms with Gasteiger partial charge in [0, 0.05) is 5.69 Å². The predicted octanol–water partition coefficient (Wildman–Crippen LogP) is 4.56. The Balaban J connectivity index is 1.68. The van der Waals surface area contributed by atoms with Crippen LogP contribution >= 0.6 is 11.8 Å². The molecule has 1 amide bonds. The van der Waals surface area contributed by atoms with Gasteiger partial charge in [-0.2, -0.15) is 0 Å². The summed E-state index contributed by atoms with van der Waals surface area (Å²) in [4.78, 5) is 12.4. The highest BCUT2D eigenvalue weighted by Crippen LogP contribution is 2.32. The van der Waals surface area contributed by atoms with Gasteiger partial charge in [0.05, 0.1) is 17.4 Å². The Kier molecular flexibility index (Phi) is 6.13. The average molecular weight is 383 g/mol. The Morgan fingerprint density at radius 2 is 1.93 bits per heavy atom. The van der Waals surface area contributed by atoms with E-state index in [-0.39, 0.29) is 11.2 Å². The van der Waals surface area contributed by atoms with E-state index >= 15 is 0 Å². The Morgan fingerprint density at radius 3 is 2.70 bits per heavy atom. The van der Waals surface area contributed by atoms with Crippen LogP contribution in [0.5, 0.6) is 5.75 Å². The summed E-state index contributed by atoms with van der Waals surface area (Å²) in [6.45, 7) is 6.22. The second-order valence-electron chi connectivity index (χ2n) is 5.87. The molecule has 1 unspecified atom stereocenters. The Labute approximate surface area is 162 Å². The number of thioether (sulfide) groups is 1. The number of carbonyl (C=O) groups is 1. The fourth-order valence-electron chi connectivity index (χ4n) is 2.44. The molecule has 27 heavy (non-hydrogen) atoms. The number of hydrogen-bond donors (Lipinski definition) is 1. The number of nitrogens with zero attached hydrogens (tertiary/aromatic N) is 2. The fraction of sp³-hybridized carbons (Fsp3) is 0.250. The number of amides is 1. The maximum Gasteiger partial charge on any atom is 0.277 e. The lowest BCUT2D eigenvalue weighted by molar-refractivity contribution is -0.115. The first-order valence-corrected chi connectivity index (χ1v) is 9.55. The molecule has 3 aromatic rings. The second kappa shape index (κ2) is 8.73. The summed E-state index contributed by atoms with van der Waals surface area (Å²) < 4.78 is 11.3. The van der Waals surface area contributed by atoms with E-state index in [1.54, 1.807) is 6.92 Å². The smallest absolute Gasteiger partial charge is 0.277 e. The van der Waals surface area contributed by atoms with Crippen molar-refractivity contribution in [2.24, 2.45) is 0 Å². The van der Waals surface area contributed by atoms with Crippen molar-refractivity contribution < 1.29 is 13.9 Å². The summed E-state index contributed by atoms with van der Waals surface area (Å²) in [6.07, 6.45) is 0. The van der Waals surface area contributed by atoms with Crippen LogP contribution in [0.15, 0.2) is 58.2 Å². The summed E-state index contributed by atoms with van der Waals surface area (Å²) in [7, 11) is 0. The van der Waals surface area contributed by atoms with Gasteiger partial charge in [-0.25, -0.2) is 0 Å². The van der Waals surface area contributed by atoms with Crippen molar-refractivity contribution in [1.82, 2.24) is 10.2 Å². The Bertz CT molecular complexity index is 926. The molecule has 1 atom stereocenters. The molecule has 140 valence electrons. The number of para-hydroxylation sites is 2. The Morgan fingerprint density at radius 1 is 1.19 bits per heavy atom. The van der Waals surface area contributed by atoms with Crippen molar-refractivity contribution in [1.29, 1.82) is 0 Å². The van der Waals surface area contributed by atoms with Gasteiger partial charge in [0.15, 0.2) is 0 Å². The second-order valence-corrected chi connectivity index (χ2v) is 7.16. The van der Waals surface area contributed by atoms with E-state index in [1.165, 1.54) is 11.8 Å². The standard InChI is InChI=1S/C20H21N3O3S/c1-4-25-17-12-8-6-10-15(17)19-22-23-20(26-19)27-14(3)18(24)21-16-11-7-5-9-13(16)2/h5-12,14H,4H2,1-3H3,(H,21,24). The molecule has 0 aliphatic heterocycles. The first-order valence-electron chi connectivity index (χ1n) is 8.67. The molecule has 7 heteroatoms. The molecule has 1 heterocycles. The van der Waals surface area contributed by atoms with Crippen molar-refractivity contribution in [3.8, 4) is 17.2 Å². The maximum atomic E-state index is 12.4. The van der Waals surface area contributed by atoms with Crippen molar-refractivity contribution in [2.75, 3.05) is 11.9 Å². The van der Waals surface area contributed by atoms with Crippen LogP contribution in [0, 0.1) is 6.92 Å². The highest BCUT2D eigenvalue weighted by molar-refractivity contribution is 8.00. The van der Waals surface area contributed by atoms with Gasteiger partial charge in [0.1, 0.15) is 5.75 Å². The third-order valence-electron chi connectivity index (χ3n) is 3.87. The third-order valence-corrected chi connectivity index (χ3v) is 4.81. The first kappa shape index (κ1) is 19.0. The minimum Gasteiger partial charge on any atom is -0.493 e. The lowest BCUT2D eigenvalue weighted by Crippen LogP contribution is -2.22. The number of aromatic nitrogens is 2. The van der Waals surface area contributed by atoms with Crippen LogP contribution in [0.1, 0.15) is 19.4 Å². The Hall–Kier alpha value is -2.80. The molecule has 0 bridgehead atoms. The van der Waals surface area contributed by atoms with Gasteiger partial charge in [0.25, 0.3) is 11.1 Å². The number of benzene rings is 2. The molecule has 1 aromatic heterocycles. The summed E-state index contributed by atoms with van der Waals surface area (Å²) in [5.74, 6) is 0.933. The topological polar surface area (TPSA) is 77.2 Å². The molecular formula is C20H21N3O3S. The molecule has 0 saturated heterocycles. The van der Waals surface area contributed by atoms with Gasteiger partial charge < -0.3 is 14.5 Å². The molecule has 0 saturated carbocycles. The summed E-state index contributed by atoms with van der Waals surface area (Å²) in [5.41, 5.74) is 2.54. The highest BCUT2D eigenvalue weighted by Gasteiger charge is 2.20. The van der Waals surface area contributed by atoms with Crippen molar-refractivity contribution in [2.45, 2.75) is 31.2 Å². The van der Waals surface area contributed by atoms with Crippen molar-refractivity contribution in [3.63, 3.8) is 0 Å². The zero-order valence-corrected chi connectivity index (χ0v) is 16.2. The first-order chi connectivity index (χ1) is 13.1. The predicted molar refractivity (Wildman–Crippen MR) is 106 cm³/mol. The van der Waals surface area contributed by atoms with E-state index in [9.17, 15) is 4.79 Å². The monoisotopic (exact) mass is 383 g/mol. The SMILES string of the molecule is CCOc1ccccc1-c1nnc(SC(C)C(=O)Nc2ccccc2C)o1. The summed E-state index contributed by atoms with van der Waals surface area (Å²) in [5, 5.41) is 11.0. The normalized spacial score (nSPS) is 11.8. The molecule has 6 nitrogen and oxygen atoms in total. The van der Waals surface area contributed by atoms with E-state index in [2.05, 4.69) is 15.5 Å². The lowest BCUT2D eigenvalue weighted by Gasteiger charge is -2.11. The quantitative estimate of drug-likeness (QED) is 0.603. The fourth-order valence-corrected chi connectivity index (χ4v) is 3.13. The van der Waals surface area contributed by atoms with Crippen LogP contribution in [0.3, 0.4) is 0 Å². The minimum absolute atomic E-state index is 0.122. The molecule has 2 aromatic carbocycles. The number of ether oxygens (including phenoxy) is 1. The average Bonchev–Trinajstić information content (AvgIpc) is 3.12. The minimum atomic E-state index is -0.389. The number of rotatable bonds is 7. The molecule has 3 rings (SSSR count). The van der Waals surface area contributed by atoms with Gasteiger partial charge in [-0.3, -0.25) is 4.79 Å². The van der Waals surface area contributed by atoms with Crippen molar-refractivity contribution in [3.05, 3.63) is 54.1 Å². The van der Waals surface area contributed by atoms with Crippen LogP contribution < -0.4 is 10.1 Å². The van der Waals surface area contributed by atoms with Gasteiger partial charge in [-0.15, -0.1) is 10.2 Å². The molecule has 0 aliphatic rings. The van der Waals surface area contributed by atoms with Gasteiger partial charge >= 0.3 is 0 Å². The van der Waals surface area contributed by atoms with Crippen LogP contribution in [0.25, 0.3) is 11.5 Å². The highest BCUT2D eigenvalue weighted by atomic mass is 32.2. The number of aryl methyl sites for hydroxylation is 1. The van der Waals surface area contributed by atoms with Crippen LogP contribution in [0.2, 0.25) is 0 Å². The van der Waals surface area contributed by atoms with Crippen LogP contribution in [0.4, 0.5) is 5.69 Å². The van der Waals surface area contributed by atoms with E-state index < -0.39 is 0 Å². The zero-order chi connectivity index (χ0) is 19.2. The third kappa shape index (κ3) is 4.68. The van der Waals surface area contributed by atoms with Gasteiger partial charge in [0.2, 0.25) is 5.91 Å². The van der Waals surface area contributed by atoms with E-state index in [4.69, 9.17) is 9.15 Å². The van der Waals surface area contributed by atoms with E-state index in [0.29, 0.717) is 23.5 Å². The van der Waals surface area contributed by atoms with Crippen LogP contribution in [-0.4, -0.2) is 28.0 Å². The largest absolute Gasteiger partial charge is 0.493 e. The number of hydrogen-bond acceptors (Lipinski definition) is 6. The molecule has 1 N–H and O–H groups in total. The van der Waals surface area contributed by atoms with Gasteiger partial charge in [-0.1, -0.05) is 42.1 Å². The molecule has 0 spiro atoms. The van der Waals surface area contributed by atoms with E-state index in [0.717, 1.165) is 16.8 Å². The van der Waals surface area contributed by atoms with E-state index in [1.807, 2.05) is 62.4 Å². The maximum absolute atomic E-state index is 12.4. The van der Waals surface area contributed by atoms with Crippen molar-refractivity contribution >= 4 is 23.4 Å². The number of carbonyl (C=O) groups excluding carboxylic acids is 1. The number of nitrogens with one attached hydrogen (secondary N) is 1. The molecule has 0 fully saturated rings. The van der Waals surface area contributed by atoms with Gasteiger partial charge in [-0.05, 0) is 44.5 Å².